The van der Waals surface area contributed by atoms with E-state index in [0.29, 0.717) is 6.42 Å². The second-order valence-electron chi connectivity index (χ2n) is 10.1. The molecule has 0 aromatic carbocycles. The van der Waals surface area contributed by atoms with Crippen molar-refractivity contribution in [3.8, 4) is 0 Å². The highest BCUT2D eigenvalue weighted by atomic mass is 16.4. The molecule has 2 N–H and O–H groups in total. The Morgan fingerprint density at radius 3 is 1.12 bits per heavy atom. The van der Waals surface area contributed by atoms with Gasteiger partial charge in [0.25, 0.3) is 0 Å². The molecule has 1 unspecified atom stereocenters. The Hall–Kier alpha value is -1.06. The smallest absolute Gasteiger partial charge is 0.306 e. The Morgan fingerprint density at radius 2 is 0.824 bits per heavy atom. The number of carbonyl (C=O) groups is 2. The van der Waals surface area contributed by atoms with Gasteiger partial charge in [-0.2, -0.15) is 0 Å². The molecule has 0 aromatic heterocycles. The molecule has 0 aromatic rings. The lowest BCUT2D eigenvalue weighted by atomic mass is 9.98. The summed E-state index contributed by atoms with van der Waals surface area (Å²) in [6.45, 7) is 6.45. The number of unbranched alkanes of at least 4 members (excludes halogenated alkanes) is 19. The van der Waals surface area contributed by atoms with Gasteiger partial charge in [0.15, 0.2) is 0 Å². The fourth-order valence-corrected chi connectivity index (χ4v) is 4.32. The van der Waals surface area contributed by atoms with Crippen LogP contribution in [0.15, 0.2) is 0 Å². The fourth-order valence-electron chi connectivity index (χ4n) is 4.32. The average molecular weight is 485 g/mol. The van der Waals surface area contributed by atoms with E-state index >= 15 is 0 Å². The normalized spacial score (nSPS) is 11.6. The van der Waals surface area contributed by atoms with Crippen LogP contribution in [0.3, 0.4) is 0 Å². The molecule has 0 rings (SSSR count). The van der Waals surface area contributed by atoms with Crippen LogP contribution < -0.4 is 0 Å². The van der Waals surface area contributed by atoms with Gasteiger partial charge in [-0.3, -0.25) is 9.59 Å². The Kier molecular flexibility index (Phi) is 30.9. The van der Waals surface area contributed by atoms with Gasteiger partial charge in [-0.1, -0.05) is 149 Å². The van der Waals surface area contributed by atoms with Crippen molar-refractivity contribution in [1.82, 2.24) is 0 Å². The maximum atomic E-state index is 10.9. The van der Waals surface area contributed by atoms with E-state index in [0.717, 1.165) is 32.1 Å². The summed E-state index contributed by atoms with van der Waals surface area (Å²) in [5.74, 6) is -1.39. The maximum Gasteiger partial charge on any atom is 0.306 e. The summed E-state index contributed by atoms with van der Waals surface area (Å²) in [4.78, 5) is 21.0. The number of rotatable bonds is 25. The van der Waals surface area contributed by atoms with Gasteiger partial charge in [-0.15, -0.1) is 0 Å². The lowest BCUT2D eigenvalue weighted by molar-refractivity contribution is -0.142. The molecule has 0 aliphatic heterocycles. The predicted octanol–water partition coefficient (Wildman–Crippen LogP) is 10.2. The van der Waals surface area contributed by atoms with Gasteiger partial charge in [0.2, 0.25) is 0 Å². The Morgan fingerprint density at radius 1 is 0.500 bits per heavy atom. The third-order valence-corrected chi connectivity index (χ3v) is 6.74. The first-order chi connectivity index (χ1) is 16.5. The molecule has 0 aliphatic rings. The largest absolute Gasteiger partial charge is 0.481 e. The van der Waals surface area contributed by atoms with E-state index in [1.807, 2.05) is 6.92 Å². The van der Waals surface area contributed by atoms with Gasteiger partial charge in [0.1, 0.15) is 0 Å². The van der Waals surface area contributed by atoms with Crippen LogP contribution in [-0.4, -0.2) is 22.2 Å². The molecule has 34 heavy (non-hydrogen) atoms. The molecule has 0 radical (unpaired) electrons. The van der Waals surface area contributed by atoms with E-state index in [4.69, 9.17) is 10.2 Å². The van der Waals surface area contributed by atoms with Crippen LogP contribution in [0.2, 0.25) is 0 Å². The molecular formula is C30H60O4. The number of hydrogen-bond donors (Lipinski definition) is 2. The Bertz CT molecular complexity index is 422. The van der Waals surface area contributed by atoms with Crippen molar-refractivity contribution in [2.24, 2.45) is 5.92 Å². The van der Waals surface area contributed by atoms with E-state index in [-0.39, 0.29) is 5.92 Å². The topological polar surface area (TPSA) is 74.6 Å². The molecule has 0 saturated carbocycles. The quantitative estimate of drug-likeness (QED) is 0.126. The van der Waals surface area contributed by atoms with Crippen LogP contribution in [0.5, 0.6) is 0 Å². The monoisotopic (exact) mass is 484 g/mol. The van der Waals surface area contributed by atoms with Gasteiger partial charge in [0.05, 0.1) is 5.92 Å². The minimum Gasteiger partial charge on any atom is -0.481 e. The molecule has 0 spiro atoms. The van der Waals surface area contributed by atoms with Crippen molar-refractivity contribution in [1.29, 1.82) is 0 Å². The second kappa shape index (κ2) is 30.0. The van der Waals surface area contributed by atoms with Crippen molar-refractivity contribution in [2.75, 3.05) is 0 Å². The molecule has 204 valence electrons. The summed E-state index contributed by atoms with van der Waals surface area (Å²) in [7, 11) is 0. The van der Waals surface area contributed by atoms with Gasteiger partial charge in [-0.25, -0.2) is 0 Å². The minimum absolute atomic E-state index is 0.114. The molecule has 0 amide bonds. The summed E-state index contributed by atoms with van der Waals surface area (Å²) in [6.07, 6.45) is 29.3. The summed E-state index contributed by atoms with van der Waals surface area (Å²) in [5, 5.41) is 17.3. The molecule has 1 atom stereocenters. The molecule has 4 nitrogen and oxygen atoms in total. The molecule has 0 bridgehead atoms. The van der Waals surface area contributed by atoms with E-state index in [1.54, 1.807) is 0 Å². The number of aliphatic carboxylic acids is 2. The molecule has 0 aliphatic carbocycles. The van der Waals surface area contributed by atoms with Crippen molar-refractivity contribution < 1.29 is 19.8 Å². The lowest BCUT2D eigenvalue weighted by Gasteiger charge is -2.08. The van der Waals surface area contributed by atoms with Crippen LogP contribution in [0.25, 0.3) is 0 Å². The average Bonchev–Trinajstić information content (AvgIpc) is 2.81. The number of hydrogen-bond acceptors (Lipinski definition) is 2. The molecule has 0 heterocycles. The second-order valence-corrected chi connectivity index (χ2v) is 10.1. The Labute approximate surface area is 212 Å². The fraction of sp³-hybridized carbons (Fsp3) is 0.933. The van der Waals surface area contributed by atoms with Crippen molar-refractivity contribution in [3.05, 3.63) is 0 Å². The van der Waals surface area contributed by atoms with Crippen LogP contribution in [0.4, 0.5) is 0 Å². The van der Waals surface area contributed by atoms with E-state index < -0.39 is 11.9 Å². The van der Waals surface area contributed by atoms with E-state index in [1.165, 1.54) is 116 Å². The minimum atomic E-state index is -0.663. The van der Waals surface area contributed by atoms with Gasteiger partial charge in [-0.05, 0) is 19.3 Å². The zero-order valence-corrected chi connectivity index (χ0v) is 23.3. The van der Waals surface area contributed by atoms with E-state index in [2.05, 4.69) is 13.8 Å². The zero-order valence-electron chi connectivity index (χ0n) is 23.3. The highest BCUT2D eigenvalue weighted by molar-refractivity contribution is 5.69. The summed E-state index contributed by atoms with van der Waals surface area (Å²) in [5.41, 5.74) is 0. The first kappa shape index (κ1) is 35.1. The third-order valence-electron chi connectivity index (χ3n) is 6.74. The maximum absolute atomic E-state index is 10.9. The first-order valence-electron chi connectivity index (χ1n) is 14.9. The summed E-state index contributed by atoms with van der Waals surface area (Å²) < 4.78 is 0. The molecular weight excluding hydrogens is 424 g/mol. The van der Waals surface area contributed by atoms with Crippen molar-refractivity contribution in [2.45, 2.75) is 175 Å². The predicted molar refractivity (Wildman–Crippen MR) is 147 cm³/mol. The lowest BCUT2D eigenvalue weighted by Crippen LogP contribution is -2.12. The number of carboxylic acid groups (broad SMARTS) is 2. The van der Waals surface area contributed by atoms with Crippen molar-refractivity contribution in [3.63, 3.8) is 0 Å². The molecule has 0 fully saturated rings. The van der Waals surface area contributed by atoms with Gasteiger partial charge >= 0.3 is 11.9 Å². The van der Waals surface area contributed by atoms with Crippen LogP contribution in [0, 0.1) is 5.92 Å². The SMILES string of the molecule is CCCCCCCCCC(=O)O.CCCCCCCCCCCCCCCCC(CC)C(=O)O. The van der Waals surface area contributed by atoms with E-state index in [9.17, 15) is 9.59 Å². The standard InChI is InChI=1S/C20H40O2.C10H20O2/c1-3-5-6-7-8-9-10-11-12-13-14-15-16-17-18-19(4-2)20(21)22;1-2-3-4-5-6-7-8-9-10(11)12/h19H,3-18H2,1-2H3,(H,21,22);2-9H2,1H3,(H,11,12). The van der Waals surface area contributed by atoms with Crippen LogP contribution in [0.1, 0.15) is 175 Å². The first-order valence-corrected chi connectivity index (χ1v) is 14.9. The third kappa shape index (κ3) is 30.9. The number of carboxylic acids is 2. The highest BCUT2D eigenvalue weighted by Crippen LogP contribution is 2.16. The summed E-state index contributed by atoms with van der Waals surface area (Å²) in [6, 6.07) is 0. The van der Waals surface area contributed by atoms with Crippen LogP contribution >= 0.6 is 0 Å². The van der Waals surface area contributed by atoms with Crippen molar-refractivity contribution >= 4 is 11.9 Å². The van der Waals surface area contributed by atoms with Gasteiger partial charge < -0.3 is 10.2 Å². The molecule has 0 saturated heterocycles. The summed E-state index contributed by atoms with van der Waals surface area (Å²) >= 11 is 0. The molecule has 4 heteroatoms. The zero-order chi connectivity index (χ0) is 25.7. The van der Waals surface area contributed by atoms with Gasteiger partial charge in [0, 0.05) is 6.42 Å². The Balaban J connectivity index is 0. The highest BCUT2D eigenvalue weighted by Gasteiger charge is 2.13. The van der Waals surface area contributed by atoms with Crippen LogP contribution in [-0.2, 0) is 9.59 Å².